The molecule has 12 heteroatoms. The molecule has 0 spiro atoms. The number of ether oxygens (including phenoxy) is 1. The summed E-state index contributed by atoms with van der Waals surface area (Å²) in [5, 5.41) is 0. The average molecular weight is 709 g/mol. The molecule has 0 N–H and O–H groups in total. The molecule has 2 aromatic carbocycles. The zero-order valence-corrected chi connectivity index (χ0v) is 18.7. The SMILES string of the molecule is O=C(Oc1c(I)cc(I)c(S(=O)(=O)[O-])c1I)c1c(F)cc(F)cc1F. The van der Waals surface area contributed by atoms with Gasteiger partial charge in [0.2, 0.25) is 0 Å². The van der Waals surface area contributed by atoms with Crippen LogP contribution in [0.15, 0.2) is 23.1 Å². The first kappa shape index (κ1) is 21.1. The van der Waals surface area contributed by atoms with E-state index in [2.05, 4.69) is 0 Å². The van der Waals surface area contributed by atoms with Gasteiger partial charge in [0, 0.05) is 15.7 Å². The van der Waals surface area contributed by atoms with Crippen LogP contribution in [0.25, 0.3) is 0 Å². The van der Waals surface area contributed by atoms with E-state index < -0.39 is 44.0 Å². The summed E-state index contributed by atoms with van der Waals surface area (Å²) in [6.07, 6.45) is 0. The van der Waals surface area contributed by atoms with Gasteiger partial charge in [-0.25, -0.2) is 26.4 Å². The van der Waals surface area contributed by atoms with Crippen molar-refractivity contribution in [3.63, 3.8) is 0 Å². The van der Waals surface area contributed by atoms with E-state index >= 15 is 0 Å². The Hall–Kier alpha value is -0.200. The number of carbonyl (C=O) groups excluding carboxylic acids is 1. The Kier molecular flexibility index (Phi) is 6.59. The number of esters is 1. The highest BCUT2D eigenvalue weighted by Crippen LogP contribution is 2.36. The molecule has 0 aliphatic heterocycles. The summed E-state index contributed by atoms with van der Waals surface area (Å²) in [5.41, 5.74) is -1.14. The number of carbonyl (C=O) groups is 1. The van der Waals surface area contributed by atoms with E-state index in [1.165, 1.54) is 28.7 Å². The summed E-state index contributed by atoms with van der Waals surface area (Å²) in [5.74, 6) is -6.01. The van der Waals surface area contributed by atoms with Crippen molar-refractivity contribution >= 4 is 83.9 Å². The van der Waals surface area contributed by atoms with Crippen molar-refractivity contribution in [2.24, 2.45) is 0 Å². The molecular weight excluding hydrogens is 706 g/mol. The van der Waals surface area contributed by atoms with Gasteiger partial charge in [-0.15, -0.1) is 0 Å². The molecule has 25 heavy (non-hydrogen) atoms. The Morgan fingerprint density at radius 1 is 1.00 bits per heavy atom. The molecule has 0 aromatic heterocycles. The number of halogens is 6. The fourth-order valence-electron chi connectivity index (χ4n) is 1.76. The van der Waals surface area contributed by atoms with E-state index in [9.17, 15) is 30.9 Å². The van der Waals surface area contributed by atoms with Crippen molar-refractivity contribution < 1.29 is 35.7 Å². The highest BCUT2D eigenvalue weighted by Gasteiger charge is 2.25. The Morgan fingerprint density at radius 2 is 1.52 bits per heavy atom. The molecule has 0 amide bonds. The second kappa shape index (κ2) is 7.81. The van der Waals surface area contributed by atoms with Gasteiger partial charge in [0.05, 0.1) is 12.0 Å². The second-order valence-corrected chi connectivity index (χ2v) is 9.12. The van der Waals surface area contributed by atoms with Crippen molar-refractivity contribution in [3.05, 3.63) is 51.9 Å². The maximum absolute atomic E-state index is 13.7. The maximum Gasteiger partial charge on any atom is 0.349 e. The van der Waals surface area contributed by atoms with Gasteiger partial charge in [0.1, 0.15) is 33.1 Å². The van der Waals surface area contributed by atoms with Crippen LogP contribution in [-0.2, 0) is 10.1 Å². The molecule has 0 saturated carbocycles. The fourth-order valence-corrected chi connectivity index (χ4v) is 7.58. The maximum atomic E-state index is 13.7. The molecule has 0 unspecified atom stereocenters. The van der Waals surface area contributed by atoms with Gasteiger partial charge < -0.3 is 9.29 Å². The summed E-state index contributed by atoms with van der Waals surface area (Å²) < 4.78 is 79.4. The third kappa shape index (κ3) is 4.56. The molecule has 0 saturated heterocycles. The van der Waals surface area contributed by atoms with Gasteiger partial charge in [0.25, 0.3) is 0 Å². The topological polar surface area (TPSA) is 83.5 Å². The number of rotatable bonds is 3. The van der Waals surface area contributed by atoms with Crippen LogP contribution in [0.3, 0.4) is 0 Å². The van der Waals surface area contributed by atoms with Crippen LogP contribution in [-0.4, -0.2) is 18.9 Å². The van der Waals surface area contributed by atoms with E-state index in [0.29, 0.717) is 12.1 Å². The number of hydrogen-bond donors (Lipinski definition) is 0. The molecule has 0 atom stereocenters. The third-order valence-electron chi connectivity index (χ3n) is 2.74. The van der Waals surface area contributed by atoms with Crippen molar-refractivity contribution in [1.82, 2.24) is 0 Å². The lowest BCUT2D eigenvalue weighted by atomic mass is 10.2. The van der Waals surface area contributed by atoms with E-state index in [1.54, 1.807) is 45.2 Å². The highest BCUT2D eigenvalue weighted by molar-refractivity contribution is 14.1. The van der Waals surface area contributed by atoms with Gasteiger partial charge in [-0.3, -0.25) is 0 Å². The van der Waals surface area contributed by atoms with Gasteiger partial charge in [-0.05, 0) is 73.8 Å². The minimum Gasteiger partial charge on any atom is -0.744 e. The zero-order chi connectivity index (χ0) is 19.1. The van der Waals surface area contributed by atoms with Gasteiger partial charge in [-0.1, -0.05) is 0 Å². The van der Waals surface area contributed by atoms with Crippen LogP contribution in [0, 0.1) is 28.2 Å². The number of hydrogen-bond acceptors (Lipinski definition) is 5. The lowest BCUT2D eigenvalue weighted by molar-refractivity contribution is 0.0721. The number of benzene rings is 2. The van der Waals surface area contributed by atoms with Crippen LogP contribution < -0.4 is 4.74 Å². The van der Waals surface area contributed by atoms with Crippen molar-refractivity contribution in [2.45, 2.75) is 4.90 Å². The predicted octanol–water partition coefficient (Wildman–Crippen LogP) is 4.04. The molecular formula is C13H3F3I3O5S-. The molecule has 134 valence electrons. The van der Waals surface area contributed by atoms with Gasteiger partial charge in [-0.2, -0.15) is 0 Å². The summed E-state index contributed by atoms with van der Waals surface area (Å²) in [4.78, 5) is 11.4. The molecule has 0 aliphatic rings. The van der Waals surface area contributed by atoms with E-state index in [1.807, 2.05) is 0 Å². The van der Waals surface area contributed by atoms with E-state index in [-0.39, 0.29) is 16.5 Å². The highest BCUT2D eigenvalue weighted by atomic mass is 127. The van der Waals surface area contributed by atoms with Crippen molar-refractivity contribution in [3.8, 4) is 5.75 Å². The Labute approximate surface area is 180 Å². The third-order valence-corrected chi connectivity index (χ3v) is 7.08. The first-order chi connectivity index (χ1) is 11.4. The molecule has 2 aromatic rings. The monoisotopic (exact) mass is 709 g/mol. The molecule has 0 fully saturated rings. The summed E-state index contributed by atoms with van der Waals surface area (Å²) in [6, 6.07) is 1.86. The molecule has 0 bridgehead atoms. The molecule has 2 rings (SSSR count). The predicted molar refractivity (Wildman–Crippen MR) is 104 cm³/mol. The van der Waals surface area contributed by atoms with Crippen LogP contribution in [0.1, 0.15) is 10.4 Å². The van der Waals surface area contributed by atoms with Gasteiger partial charge >= 0.3 is 5.97 Å². The van der Waals surface area contributed by atoms with E-state index in [4.69, 9.17) is 4.74 Å². The van der Waals surface area contributed by atoms with Gasteiger partial charge in [0.15, 0.2) is 5.75 Å². The minimum absolute atomic E-state index is 0.0975. The molecule has 5 nitrogen and oxygen atoms in total. The van der Waals surface area contributed by atoms with Crippen molar-refractivity contribution in [2.75, 3.05) is 0 Å². The van der Waals surface area contributed by atoms with Crippen LogP contribution in [0.2, 0.25) is 0 Å². The lowest BCUT2D eigenvalue weighted by Gasteiger charge is -2.16. The minimum atomic E-state index is -4.88. The first-order valence-electron chi connectivity index (χ1n) is 5.93. The van der Waals surface area contributed by atoms with Crippen LogP contribution >= 0.6 is 67.8 Å². The largest absolute Gasteiger partial charge is 0.744 e. The van der Waals surface area contributed by atoms with Crippen LogP contribution in [0.4, 0.5) is 13.2 Å². The molecule has 0 aliphatic carbocycles. The Morgan fingerprint density at radius 3 is 2.00 bits per heavy atom. The second-order valence-electron chi connectivity index (χ2n) is 4.40. The summed E-state index contributed by atoms with van der Waals surface area (Å²) in [7, 11) is -4.88. The average Bonchev–Trinajstić information content (AvgIpc) is 2.40. The van der Waals surface area contributed by atoms with E-state index in [0.717, 1.165) is 0 Å². The molecule has 0 radical (unpaired) electrons. The normalized spacial score (nSPS) is 11.5. The molecule has 0 heterocycles. The summed E-state index contributed by atoms with van der Waals surface area (Å²) >= 11 is 4.80. The van der Waals surface area contributed by atoms with Crippen molar-refractivity contribution in [1.29, 1.82) is 0 Å². The fraction of sp³-hybridized carbons (Fsp3) is 0. The quantitative estimate of drug-likeness (QED) is 0.208. The summed E-state index contributed by atoms with van der Waals surface area (Å²) in [6.45, 7) is 0. The smallest absolute Gasteiger partial charge is 0.349 e. The zero-order valence-electron chi connectivity index (χ0n) is 11.4. The van der Waals surface area contributed by atoms with Crippen LogP contribution in [0.5, 0.6) is 5.75 Å². The first-order valence-corrected chi connectivity index (χ1v) is 10.6. The Balaban J connectivity index is 2.57. The standard InChI is InChI=1S/C13H4F3I3O5S/c14-4-1-5(15)9(6(16)2-4)13(20)24-11-7(17)3-8(18)12(10(11)19)25(21,22)23/h1-3H,(H,21,22,23)/p-1. The Bertz CT molecular complexity index is 972. The lowest BCUT2D eigenvalue weighted by Crippen LogP contribution is -2.16.